The van der Waals surface area contributed by atoms with Crippen LogP contribution in [0.15, 0.2) is 48.5 Å². The standard InChI is InChI=1S/C31H36O3/c1-3-34-29(33)31(18-20-7-5-4-6-8-20)19-27(31)22-10-11-23-21(17-22)9-12-25-24(23)15-16-30(2)26(25)13-14-28(30)32/h4-8,10-11,17,24-27H,3,9,12-16,18-19H2,1-2H3/t24-,25-,26?,27?,30+,31+/m1/s1. The van der Waals surface area contributed by atoms with Gasteiger partial charge in [-0.2, -0.15) is 0 Å². The van der Waals surface area contributed by atoms with Gasteiger partial charge < -0.3 is 4.74 Å². The third-order valence-corrected chi connectivity index (χ3v) is 9.98. The number of carbonyl (C=O) groups excluding carboxylic acids is 2. The Morgan fingerprint density at radius 2 is 1.88 bits per heavy atom. The van der Waals surface area contributed by atoms with Crippen LogP contribution in [0.4, 0.5) is 0 Å². The van der Waals surface area contributed by atoms with Gasteiger partial charge >= 0.3 is 5.97 Å². The molecule has 3 saturated carbocycles. The van der Waals surface area contributed by atoms with Gasteiger partial charge in [0.25, 0.3) is 0 Å². The first-order chi connectivity index (χ1) is 16.5. The maximum Gasteiger partial charge on any atom is 0.313 e. The zero-order chi connectivity index (χ0) is 23.5. The average molecular weight is 457 g/mol. The molecule has 2 unspecified atom stereocenters. The highest BCUT2D eigenvalue weighted by Crippen LogP contribution is 2.63. The van der Waals surface area contributed by atoms with Gasteiger partial charge in [0.1, 0.15) is 5.78 Å². The number of fused-ring (bicyclic) bond motifs is 5. The smallest absolute Gasteiger partial charge is 0.313 e. The molecular weight excluding hydrogens is 420 g/mol. The van der Waals surface area contributed by atoms with E-state index in [1.807, 2.05) is 25.1 Å². The quantitative estimate of drug-likeness (QED) is 0.490. The predicted molar refractivity (Wildman–Crippen MR) is 133 cm³/mol. The van der Waals surface area contributed by atoms with E-state index in [0.29, 0.717) is 30.1 Å². The van der Waals surface area contributed by atoms with Crippen LogP contribution in [0, 0.1) is 22.7 Å². The van der Waals surface area contributed by atoms with Crippen LogP contribution in [0.5, 0.6) is 0 Å². The van der Waals surface area contributed by atoms with Gasteiger partial charge in [0.2, 0.25) is 0 Å². The molecule has 3 fully saturated rings. The lowest BCUT2D eigenvalue weighted by Gasteiger charge is -2.48. The molecule has 2 aromatic carbocycles. The van der Waals surface area contributed by atoms with Crippen LogP contribution in [-0.4, -0.2) is 18.4 Å². The van der Waals surface area contributed by atoms with Gasteiger partial charge in [-0.05, 0) is 91.9 Å². The second-order valence-corrected chi connectivity index (χ2v) is 11.6. The number of benzene rings is 2. The lowest BCUT2D eigenvalue weighted by molar-refractivity contribution is -0.149. The summed E-state index contributed by atoms with van der Waals surface area (Å²) in [6.45, 7) is 4.57. The minimum absolute atomic E-state index is 0.0425. The van der Waals surface area contributed by atoms with Crippen molar-refractivity contribution in [1.29, 1.82) is 0 Å². The fourth-order valence-electron chi connectivity index (χ4n) is 8.06. The minimum Gasteiger partial charge on any atom is -0.466 e. The number of rotatable bonds is 5. The van der Waals surface area contributed by atoms with Crippen LogP contribution < -0.4 is 0 Å². The van der Waals surface area contributed by atoms with Gasteiger partial charge in [0, 0.05) is 17.8 Å². The number of aryl methyl sites for hydroxylation is 1. The maximum absolute atomic E-state index is 13.1. The topological polar surface area (TPSA) is 43.4 Å². The number of hydrogen-bond donors (Lipinski definition) is 0. The molecule has 34 heavy (non-hydrogen) atoms. The van der Waals surface area contributed by atoms with Crippen LogP contribution in [0.1, 0.15) is 86.5 Å². The molecule has 2 aromatic rings. The lowest BCUT2D eigenvalue weighted by atomic mass is 9.55. The van der Waals surface area contributed by atoms with E-state index in [2.05, 4.69) is 37.3 Å². The molecule has 3 nitrogen and oxygen atoms in total. The molecule has 0 N–H and O–H groups in total. The van der Waals surface area contributed by atoms with Gasteiger partial charge in [-0.15, -0.1) is 0 Å². The summed E-state index contributed by atoms with van der Waals surface area (Å²) in [6.07, 6.45) is 7.98. The molecule has 178 valence electrons. The first kappa shape index (κ1) is 22.1. The van der Waals surface area contributed by atoms with Crippen LogP contribution >= 0.6 is 0 Å². The largest absolute Gasteiger partial charge is 0.466 e. The Kier molecular flexibility index (Phi) is 5.24. The molecule has 0 saturated heterocycles. The first-order valence-electron chi connectivity index (χ1n) is 13.3. The maximum atomic E-state index is 13.1. The van der Waals surface area contributed by atoms with Crippen molar-refractivity contribution in [1.82, 2.24) is 0 Å². The van der Waals surface area contributed by atoms with Crippen LogP contribution in [0.2, 0.25) is 0 Å². The zero-order valence-corrected chi connectivity index (χ0v) is 20.5. The van der Waals surface area contributed by atoms with Gasteiger partial charge in [-0.25, -0.2) is 0 Å². The third-order valence-electron chi connectivity index (χ3n) is 9.98. The fourth-order valence-corrected chi connectivity index (χ4v) is 8.06. The van der Waals surface area contributed by atoms with Crippen molar-refractivity contribution >= 4 is 11.8 Å². The molecule has 4 aliphatic rings. The van der Waals surface area contributed by atoms with E-state index in [0.717, 1.165) is 44.9 Å². The Balaban J connectivity index is 1.27. The number of esters is 1. The van der Waals surface area contributed by atoms with E-state index < -0.39 is 5.41 Å². The summed E-state index contributed by atoms with van der Waals surface area (Å²) in [7, 11) is 0. The summed E-state index contributed by atoms with van der Waals surface area (Å²) in [5.74, 6) is 2.52. The molecule has 0 aliphatic heterocycles. The molecule has 0 bridgehead atoms. The second kappa shape index (κ2) is 8.07. The van der Waals surface area contributed by atoms with Crippen molar-refractivity contribution in [3.05, 3.63) is 70.8 Å². The van der Waals surface area contributed by atoms with Gasteiger partial charge in [-0.3, -0.25) is 9.59 Å². The highest BCUT2D eigenvalue weighted by Gasteiger charge is 2.61. The first-order valence-corrected chi connectivity index (χ1v) is 13.3. The molecule has 4 aliphatic carbocycles. The number of carbonyl (C=O) groups is 2. The van der Waals surface area contributed by atoms with Crippen molar-refractivity contribution in [3.8, 4) is 0 Å². The van der Waals surface area contributed by atoms with E-state index in [9.17, 15) is 9.59 Å². The Morgan fingerprint density at radius 1 is 1.06 bits per heavy atom. The molecule has 6 rings (SSSR count). The summed E-state index contributed by atoms with van der Waals surface area (Å²) >= 11 is 0. The number of hydrogen-bond acceptors (Lipinski definition) is 3. The van der Waals surface area contributed by atoms with E-state index in [1.54, 1.807) is 0 Å². The molecule has 0 aromatic heterocycles. The Morgan fingerprint density at radius 3 is 2.68 bits per heavy atom. The Labute approximate surface area is 203 Å². The molecule has 0 heterocycles. The normalized spacial score (nSPS) is 35.8. The average Bonchev–Trinajstić information content (AvgIpc) is 3.50. The van der Waals surface area contributed by atoms with E-state index in [-0.39, 0.29) is 17.3 Å². The van der Waals surface area contributed by atoms with Crippen LogP contribution in [0.3, 0.4) is 0 Å². The number of ether oxygens (including phenoxy) is 1. The van der Waals surface area contributed by atoms with E-state index in [1.165, 1.54) is 28.7 Å². The zero-order valence-electron chi connectivity index (χ0n) is 20.5. The summed E-state index contributed by atoms with van der Waals surface area (Å²) in [4.78, 5) is 25.7. The Hall–Kier alpha value is -2.42. The van der Waals surface area contributed by atoms with E-state index in [4.69, 9.17) is 4.74 Å². The predicted octanol–water partition coefficient (Wildman–Crippen LogP) is 6.39. The third kappa shape index (κ3) is 3.30. The van der Waals surface area contributed by atoms with Crippen LogP contribution in [0.25, 0.3) is 0 Å². The molecule has 0 spiro atoms. The SMILES string of the molecule is CCOC(=O)[C@@]1(Cc2ccccc2)CC1c1ccc2c(c1)CC[C@H]1C3CCC(=O)[C@@]3(C)CC[C@H]21. The second-order valence-electron chi connectivity index (χ2n) is 11.6. The minimum atomic E-state index is -0.431. The van der Waals surface area contributed by atoms with Gasteiger partial charge in [0.05, 0.1) is 12.0 Å². The number of Topliss-reactive ketones (excluding diaryl/α,β-unsaturated/α-hetero) is 1. The summed E-state index contributed by atoms with van der Waals surface area (Å²) < 4.78 is 5.57. The van der Waals surface area contributed by atoms with E-state index >= 15 is 0 Å². The van der Waals surface area contributed by atoms with Gasteiger partial charge in [0.15, 0.2) is 0 Å². The van der Waals surface area contributed by atoms with Crippen LogP contribution in [-0.2, 0) is 27.2 Å². The van der Waals surface area contributed by atoms with Crippen molar-refractivity contribution in [2.75, 3.05) is 6.61 Å². The fraction of sp³-hybridized carbons (Fsp3) is 0.548. The summed E-state index contributed by atoms with van der Waals surface area (Å²) in [6, 6.07) is 17.4. The molecular formula is C31H36O3. The van der Waals surface area contributed by atoms with Crippen molar-refractivity contribution in [2.45, 2.75) is 77.0 Å². The van der Waals surface area contributed by atoms with Crippen molar-refractivity contribution in [2.24, 2.45) is 22.7 Å². The lowest BCUT2D eigenvalue weighted by Crippen LogP contribution is -2.42. The monoisotopic (exact) mass is 456 g/mol. The molecule has 0 amide bonds. The number of ketones is 1. The van der Waals surface area contributed by atoms with Gasteiger partial charge in [-0.1, -0.05) is 55.5 Å². The molecule has 3 heteroatoms. The molecule has 6 atom stereocenters. The molecule has 0 radical (unpaired) electrons. The van der Waals surface area contributed by atoms with Crippen molar-refractivity contribution < 1.29 is 14.3 Å². The Bertz CT molecular complexity index is 1120. The highest BCUT2D eigenvalue weighted by molar-refractivity contribution is 5.87. The summed E-state index contributed by atoms with van der Waals surface area (Å²) in [5, 5.41) is 0. The summed E-state index contributed by atoms with van der Waals surface area (Å²) in [5.41, 5.74) is 5.01. The highest BCUT2D eigenvalue weighted by atomic mass is 16.5. The van der Waals surface area contributed by atoms with Crippen molar-refractivity contribution in [3.63, 3.8) is 0 Å².